The number of nitrogens with two attached hydrogens (primary N) is 1. The van der Waals surface area contributed by atoms with Crippen LogP contribution in [0.1, 0.15) is 25.0 Å². The molecule has 4 nitrogen and oxygen atoms in total. The second kappa shape index (κ2) is 5.40. The van der Waals surface area contributed by atoms with E-state index in [2.05, 4.69) is 5.32 Å². The molecule has 18 heavy (non-hydrogen) atoms. The number of anilines is 1. The Morgan fingerprint density at radius 3 is 2.50 bits per heavy atom. The molecule has 0 fully saturated rings. The van der Waals surface area contributed by atoms with Crippen LogP contribution in [0.5, 0.6) is 5.75 Å². The molecule has 0 aliphatic rings. The van der Waals surface area contributed by atoms with Gasteiger partial charge in [-0.3, -0.25) is 4.79 Å². The van der Waals surface area contributed by atoms with E-state index in [-0.39, 0.29) is 5.91 Å². The van der Waals surface area contributed by atoms with E-state index in [4.69, 9.17) is 10.5 Å². The van der Waals surface area contributed by atoms with E-state index in [0.29, 0.717) is 18.0 Å². The lowest BCUT2D eigenvalue weighted by atomic mass is 9.92. The molecule has 1 aromatic carbocycles. The zero-order valence-electron chi connectivity index (χ0n) is 11.8. The Morgan fingerprint density at radius 2 is 2.00 bits per heavy atom. The molecular formula is C14H22N2O2. The molecule has 0 bridgehead atoms. The van der Waals surface area contributed by atoms with Crippen LogP contribution in [0.4, 0.5) is 5.69 Å². The van der Waals surface area contributed by atoms with Crippen LogP contribution in [0.3, 0.4) is 0 Å². The highest BCUT2D eigenvalue weighted by molar-refractivity contribution is 5.96. The fourth-order valence-corrected chi connectivity index (χ4v) is 1.70. The predicted molar refractivity (Wildman–Crippen MR) is 73.9 cm³/mol. The number of benzene rings is 1. The lowest BCUT2D eigenvalue weighted by Crippen LogP contribution is -2.37. The largest absolute Gasteiger partial charge is 0.494 e. The molecule has 0 aromatic heterocycles. The number of rotatable bonds is 4. The van der Waals surface area contributed by atoms with Crippen LogP contribution >= 0.6 is 0 Å². The number of hydrogen-bond acceptors (Lipinski definition) is 3. The summed E-state index contributed by atoms with van der Waals surface area (Å²) in [5.41, 5.74) is 7.78. The van der Waals surface area contributed by atoms with Crippen LogP contribution < -0.4 is 15.8 Å². The molecule has 1 rings (SSSR count). The molecule has 0 radical (unpaired) electrons. The molecule has 0 atom stereocenters. The van der Waals surface area contributed by atoms with Gasteiger partial charge in [0.15, 0.2) is 0 Å². The summed E-state index contributed by atoms with van der Waals surface area (Å²) in [5.74, 6) is 0.593. The van der Waals surface area contributed by atoms with Gasteiger partial charge in [-0.1, -0.05) is 6.07 Å². The summed E-state index contributed by atoms with van der Waals surface area (Å²) in [6, 6.07) is 3.92. The monoisotopic (exact) mass is 250 g/mol. The molecule has 0 spiro atoms. The molecule has 100 valence electrons. The normalized spacial score (nSPS) is 11.2. The van der Waals surface area contributed by atoms with E-state index in [1.165, 1.54) is 0 Å². The van der Waals surface area contributed by atoms with Crippen molar-refractivity contribution >= 4 is 11.6 Å². The number of methoxy groups -OCH3 is 1. The van der Waals surface area contributed by atoms with Crippen molar-refractivity contribution in [2.45, 2.75) is 27.7 Å². The maximum Gasteiger partial charge on any atom is 0.231 e. The second-order valence-corrected chi connectivity index (χ2v) is 5.20. The lowest BCUT2D eigenvalue weighted by Gasteiger charge is -2.22. The maximum atomic E-state index is 12.1. The molecule has 0 aliphatic carbocycles. The van der Waals surface area contributed by atoms with Gasteiger partial charge < -0.3 is 15.8 Å². The minimum atomic E-state index is -0.595. The molecular weight excluding hydrogens is 228 g/mol. The van der Waals surface area contributed by atoms with Crippen molar-refractivity contribution in [2.75, 3.05) is 19.0 Å². The van der Waals surface area contributed by atoms with Gasteiger partial charge in [-0.25, -0.2) is 0 Å². The van der Waals surface area contributed by atoms with Crippen molar-refractivity contribution in [3.05, 3.63) is 23.3 Å². The first-order chi connectivity index (χ1) is 8.31. The first-order valence-corrected chi connectivity index (χ1v) is 5.98. The number of carbonyl (C=O) groups is 1. The predicted octanol–water partition coefficient (Wildman–Crippen LogP) is 2.24. The highest BCUT2D eigenvalue weighted by Gasteiger charge is 2.26. The van der Waals surface area contributed by atoms with Gasteiger partial charge in [0.25, 0.3) is 0 Å². The quantitative estimate of drug-likeness (QED) is 0.861. The van der Waals surface area contributed by atoms with Gasteiger partial charge in [0, 0.05) is 6.54 Å². The summed E-state index contributed by atoms with van der Waals surface area (Å²) in [4.78, 5) is 12.1. The van der Waals surface area contributed by atoms with Crippen LogP contribution in [0.2, 0.25) is 0 Å². The molecule has 0 heterocycles. The average molecular weight is 250 g/mol. The van der Waals surface area contributed by atoms with Gasteiger partial charge in [0.2, 0.25) is 5.91 Å². The molecule has 4 heteroatoms. The highest BCUT2D eigenvalue weighted by Crippen LogP contribution is 2.31. The molecule has 3 N–H and O–H groups in total. The fraction of sp³-hybridized carbons (Fsp3) is 0.500. The highest BCUT2D eigenvalue weighted by atomic mass is 16.5. The number of hydrogen-bond donors (Lipinski definition) is 2. The van der Waals surface area contributed by atoms with Gasteiger partial charge in [0.05, 0.1) is 18.2 Å². The van der Waals surface area contributed by atoms with Gasteiger partial charge in [-0.05, 0) is 44.9 Å². The lowest BCUT2D eigenvalue weighted by molar-refractivity contribution is -0.123. The molecule has 0 saturated heterocycles. The molecule has 1 amide bonds. The minimum Gasteiger partial charge on any atom is -0.494 e. The zero-order valence-corrected chi connectivity index (χ0v) is 11.8. The summed E-state index contributed by atoms with van der Waals surface area (Å²) >= 11 is 0. The van der Waals surface area contributed by atoms with E-state index in [1.54, 1.807) is 7.11 Å². The average Bonchev–Trinajstić information content (AvgIpc) is 2.28. The zero-order chi connectivity index (χ0) is 13.9. The van der Waals surface area contributed by atoms with E-state index < -0.39 is 5.41 Å². The summed E-state index contributed by atoms with van der Waals surface area (Å²) < 4.78 is 5.33. The van der Waals surface area contributed by atoms with Crippen molar-refractivity contribution < 1.29 is 9.53 Å². The Kier molecular flexibility index (Phi) is 4.35. The van der Waals surface area contributed by atoms with Crippen molar-refractivity contribution in [1.29, 1.82) is 0 Å². The van der Waals surface area contributed by atoms with Gasteiger partial charge in [-0.15, -0.1) is 0 Å². The maximum absolute atomic E-state index is 12.1. The van der Waals surface area contributed by atoms with Crippen molar-refractivity contribution in [2.24, 2.45) is 11.1 Å². The topological polar surface area (TPSA) is 64.3 Å². The van der Waals surface area contributed by atoms with Crippen LogP contribution in [-0.2, 0) is 4.79 Å². The van der Waals surface area contributed by atoms with Crippen LogP contribution in [-0.4, -0.2) is 19.6 Å². The number of amides is 1. The van der Waals surface area contributed by atoms with Gasteiger partial charge in [-0.2, -0.15) is 0 Å². The van der Waals surface area contributed by atoms with Crippen LogP contribution in [0.15, 0.2) is 12.1 Å². The molecule has 0 saturated carbocycles. The molecule has 0 unspecified atom stereocenters. The Morgan fingerprint density at radius 1 is 1.39 bits per heavy atom. The summed E-state index contributed by atoms with van der Waals surface area (Å²) in [6.45, 7) is 7.87. The number of nitrogens with one attached hydrogen (secondary N) is 1. The van der Waals surface area contributed by atoms with Crippen LogP contribution in [0.25, 0.3) is 0 Å². The van der Waals surface area contributed by atoms with E-state index in [9.17, 15) is 4.79 Å². The van der Waals surface area contributed by atoms with Gasteiger partial charge in [0.1, 0.15) is 5.75 Å². The Hall–Kier alpha value is -1.55. The van der Waals surface area contributed by atoms with Crippen LogP contribution in [0, 0.1) is 19.3 Å². The first kappa shape index (κ1) is 14.5. The number of ether oxygens (including phenoxy) is 1. The smallest absolute Gasteiger partial charge is 0.231 e. The third kappa shape index (κ3) is 3.01. The molecule has 1 aromatic rings. The third-order valence-electron chi connectivity index (χ3n) is 3.00. The Labute approximate surface area is 109 Å². The number of aryl methyl sites for hydroxylation is 2. The summed E-state index contributed by atoms with van der Waals surface area (Å²) in [6.07, 6.45) is 0. The standard InChI is InChI=1S/C14H22N2O2/c1-9-6-10(2)12(18-5)11(7-9)16-13(17)14(3,4)8-15/h6-7H,8,15H2,1-5H3,(H,16,17). The summed E-state index contributed by atoms with van der Waals surface area (Å²) in [5, 5.41) is 2.89. The van der Waals surface area contributed by atoms with Gasteiger partial charge >= 0.3 is 0 Å². The van der Waals surface area contributed by atoms with E-state index in [0.717, 1.165) is 11.1 Å². The fourth-order valence-electron chi connectivity index (χ4n) is 1.70. The van der Waals surface area contributed by atoms with E-state index in [1.807, 2.05) is 39.8 Å². The summed E-state index contributed by atoms with van der Waals surface area (Å²) in [7, 11) is 1.60. The van der Waals surface area contributed by atoms with Crippen molar-refractivity contribution in [3.63, 3.8) is 0 Å². The molecule has 0 aliphatic heterocycles. The van der Waals surface area contributed by atoms with E-state index >= 15 is 0 Å². The third-order valence-corrected chi connectivity index (χ3v) is 3.00. The van der Waals surface area contributed by atoms with Crippen molar-refractivity contribution in [3.8, 4) is 5.75 Å². The SMILES string of the molecule is COc1c(C)cc(C)cc1NC(=O)C(C)(C)CN. The Balaban J connectivity index is 3.08. The second-order valence-electron chi connectivity index (χ2n) is 5.20. The number of carbonyl (C=O) groups excluding carboxylic acids is 1. The Bertz CT molecular complexity index is 453. The van der Waals surface area contributed by atoms with Crippen molar-refractivity contribution in [1.82, 2.24) is 0 Å². The first-order valence-electron chi connectivity index (χ1n) is 5.98. The minimum absolute atomic E-state index is 0.103.